The monoisotopic (exact) mass is 611 g/mol. The third kappa shape index (κ3) is 10.1. The number of aromatic hydroxyl groups is 1. The standard InChI is InChI=1S/C35H41N3O5Si/c1-44(2,3)34(43-26-38-22-21-36-25-38)14-9-13-32(39)31-24-29(17-20-33(31)40)37-35(41)28-15-18-30(19-16-28)42-23-8-7-12-27-10-5-4-6-11-27/h4-6,9-11,13,15-22,24-25,34,40H,7-8,12,14,23,26H2,1-3H3,(H,37,41)/b13-9+. The Bertz CT molecular complexity index is 1510. The second kappa shape index (κ2) is 15.8. The summed E-state index contributed by atoms with van der Waals surface area (Å²) in [6.07, 6.45) is 12.1. The van der Waals surface area contributed by atoms with Gasteiger partial charge in [0.15, 0.2) is 5.78 Å². The number of aryl methyl sites for hydroxylation is 1. The maximum atomic E-state index is 13.0. The van der Waals surface area contributed by atoms with E-state index in [1.54, 1.807) is 48.9 Å². The third-order valence-electron chi connectivity index (χ3n) is 7.18. The van der Waals surface area contributed by atoms with Crippen molar-refractivity contribution >= 4 is 25.5 Å². The molecular formula is C35H41N3O5Si. The molecule has 4 rings (SSSR count). The lowest BCUT2D eigenvalue weighted by Gasteiger charge is -2.28. The maximum absolute atomic E-state index is 13.0. The molecule has 9 heteroatoms. The highest BCUT2D eigenvalue weighted by atomic mass is 28.3. The first kappa shape index (κ1) is 32.4. The van der Waals surface area contributed by atoms with E-state index in [2.05, 4.69) is 54.2 Å². The van der Waals surface area contributed by atoms with E-state index >= 15 is 0 Å². The molecule has 1 unspecified atom stereocenters. The highest BCUT2D eigenvalue weighted by Gasteiger charge is 2.26. The Morgan fingerprint density at radius 1 is 1.02 bits per heavy atom. The Balaban J connectivity index is 1.27. The average Bonchev–Trinajstić information content (AvgIpc) is 3.53. The van der Waals surface area contributed by atoms with Gasteiger partial charge in [0.2, 0.25) is 0 Å². The fourth-order valence-electron chi connectivity index (χ4n) is 4.58. The van der Waals surface area contributed by atoms with Crippen LogP contribution >= 0.6 is 0 Å². The lowest BCUT2D eigenvalue weighted by Crippen LogP contribution is -2.40. The molecule has 0 radical (unpaired) electrons. The van der Waals surface area contributed by atoms with Crippen LogP contribution in [0.3, 0.4) is 0 Å². The molecule has 1 atom stereocenters. The summed E-state index contributed by atoms with van der Waals surface area (Å²) in [4.78, 5) is 29.9. The van der Waals surface area contributed by atoms with Gasteiger partial charge in [0.05, 0.1) is 32.3 Å². The van der Waals surface area contributed by atoms with Gasteiger partial charge in [-0.05, 0) is 79.8 Å². The highest BCUT2D eigenvalue weighted by Crippen LogP contribution is 2.24. The number of allylic oxidation sites excluding steroid dienone is 1. The van der Waals surface area contributed by atoms with Gasteiger partial charge in [-0.25, -0.2) is 4.98 Å². The van der Waals surface area contributed by atoms with E-state index < -0.39 is 8.07 Å². The molecule has 3 aromatic carbocycles. The summed E-state index contributed by atoms with van der Waals surface area (Å²) in [5, 5.41) is 13.2. The molecule has 0 aliphatic carbocycles. The number of phenolic OH excluding ortho intramolecular Hbond substituents is 1. The fourth-order valence-corrected chi connectivity index (χ4v) is 6.00. The van der Waals surface area contributed by atoms with Crippen molar-refractivity contribution < 1.29 is 24.2 Å². The zero-order chi connectivity index (χ0) is 31.4. The van der Waals surface area contributed by atoms with Gasteiger partial charge in [-0.2, -0.15) is 0 Å². The van der Waals surface area contributed by atoms with Crippen molar-refractivity contribution in [1.29, 1.82) is 0 Å². The lowest BCUT2D eigenvalue weighted by molar-refractivity contribution is 0.0483. The molecule has 44 heavy (non-hydrogen) atoms. The van der Waals surface area contributed by atoms with Crippen molar-refractivity contribution in [2.24, 2.45) is 0 Å². The Hall–Kier alpha value is -4.47. The first-order valence-electron chi connectivity index (χ1n) is 14.9. The number of nitrogens with one attached hydrogen (secondary N) is 1. The number of aromatic nitrogens is 2. The van der Waals surface area contributed by atoms with Crippen LogP contribution in [0.1, 0.15) is 45.5 Å². The molecular weight excluding hydrogens is 570 g/mol. The van der Waals surface area contributed by atoms with Crippen molar-refractivity contribution in [3.05, 3.63) is 120 Å². The number of hydrogen-bond acceptors (Lipinski definition) is 6. The summed E-state index contributed by atoms with van der Waals surface area (Å²) in [5.74, 6) is -0.130. The van der Waals surface area contributed by atoms with Crippen molar-refractivity contribution in [2.45, 2.75) is 57.8 Å². The summed E-state index contributed by atoms with van der Waals surface area (Å²) >= 11 is 0. The molecule has 0 aliphatic rings. The number of benzene rings is 3. The quantitative estimate of drug-likeness (QED) is 0.0453. The van der Waals surface area contributed by atoms with E-state index in [1.165, 1.54) is 23.8 Å². The SMILES string of the molecule is C[Si](C)(C)C(C/C=C/C(=O)c1cc(NC(=O)c2ccc(OCCCCc3ccccc3)cc2)ccc1O)OCn1ccnc1. The average molecular weight is 612 g/mol. The topological polar surface area (TPSA) is 103 Å². The van der Waals surface area contributed by atoms with Gasteiger partial charge < -0.3 is 24.5 Å². The molecule has 4 aromatic rings. The molecule has 1 amide bonds. The number of anilines is 1. The highest BCUT2D eigenvalue weighted by molar-refractivity contribution is 6.77. The van der Waals surface area contributed by atoms with Gasteiger partial charge in [0.1, 0.15) is 18.2 Å². The summed E-state index contributed by atoms with van der Waals surface area (Å²) in [7, 11) is -1.69. The summed E-state index contributed by atoms with van der Waals surface area (Å²) in [6, 6.07) is 21.8. The molecule has 2 N–H and O–H groups in total. The number of imidazole rings is 1. The zero-order valence-corrected chi connectivity index (χ0v) is 26.6. The molecule has 0 spiro atoms. The van der Waals surface area contributed by atoms with Crippen molar-refractivity contribution in [3.63, 3.8) is 0 Å². The van der Waals surface area contributed by atoms with Gasteiger partial charge in [0.25, 0.3) is 5.91 Å². The molecule has 0 saturated carbocycles. The Morgan fingerprint density at radius 3 is 2.50 bits per heavy atom. The number of carbonyl (C=O) groups is 2. The van der Waals surface area contributed by atoms with Crippen LogP contribution < -0.4 is 10.1 Å². The number of hydrogen-bond donors (Lipinski definition) is 2. The zero-order valence-electron chi connectivity index (χ0n) is 25.6. The number of ether oxygens (including phenoxy) is 2. The van der Waals surface area contributed by atoms with Gasteiger partial charge >= 0.3 is 0 Å². The molecule has 0 saturated heterocycles. The number of carbonyl (C=O) groups excluding carboxylic acids is 2. The molecule has 0 aliphatic heterocycles. The molecule has 1 heterocycles. The number of ketones is 1. The van der Waals surface area contributed by atoms with Crippen molar-refractivity contribution in [2.75, 3.05) is 11.9 Å². The van der Waals surface area contributed by atoms with Crippen molar-refractivity contribution in [1.82, 2.24) is 9.55 Å². The smallest absolute Gasteiger partial charge is 0.255 e. The summed E-state index contributed by atoms with van der Waals surface area (Å²) < 4.78 is 13.8. The van der Waals surface area contributed by atoms with Gasteiger partial charge in [0, 0.05) is 23.6 Å². The minimum Gasteiger partial charge on any atom is -0.507 e. The number of phenols is 1. The summed E-state index contributed by atoms with van der Waals surface area (Å²) in [5.41, 5.74) is 2.29. The largest absolute Gasteiger partial charge is 0.507 e. The van der Waals surface area contributed by atoms with E-state index in [0.717, 1.165) is 19.3 Å². The van der Waals surface area contributed by atoms with Gasteiger partial charge in [-0.3, -0.25) is 9.59 Å². The van der Waals surface area contributed by atoms with Crippen LogP contribution in [-0.2, 0) is 17.9 Å². The van der Waals surface area contributed by atoms with Crippen molar-refractivity contribution in [3.8, 4) is 11.5 Å². The van der Waals surface area contributed by atoms with Gasteiger partial charge in [-0.15, -0.1) is 0 Å². The molecule has 8 nitrogen and oxygen atoms in total. The van der Waals surface area contributed by atoms with E-state index in [9.17, 15) is 14.7 Å². The van der Waals surface area contributed by atoms with E-state index in [0.29, 0.717) is 36.8 Å². The lowest BCUT2D eigenvalue weighted by atomic mass is 10.1. The van der Waals surface area contributed by atoms with E-state index in [1.807, 2.05) is 16.8 Å². The Morgan fingerprint density at radius 2 is 1.80 bits per heavy atom. The fraction of sp³-hybridized carbons (Fsp3) is 0.286. The van der Waals surface area contributed by atoms with Gasteiger partial charge in [-0.1, -0.05) is 56.0 Å². The van der Waals surface area contributed by atoms with E-state index in [-0.39, 0.29) is 28.7 Å². The normalized spacial score (nSPS) is 12.2. The second-order valence-electron chi connectivity index (χ2n) is 11.7. The number of rotatable bonds is 16. The van der Waals surface area contributed by atoms with Crippen LogP contribution in [0.4, 0.5) is 5.69 Å². The Labute approximate surface area is 260 Å². The molecule has 230 valence electrons. The minimum atomic E-state index is -1.69. The van der Waals surface area contributed by atoms with Crippen LogP contribution in [0.15, 0.2) is 104 Å². The number of nitrogens with zero attached hydrogens (tertiary/aromatic N) is 2. The number of unbranched alkanes of at least 4 members (excludes halogenated alkanes) is 1. The number of amides is 1. The van der Waals surface area contributed by atoms with Crippen LogP contribution in [0, 0.1) is 0 Å². The maximum Gasteiger partial charge on any atom is 0.255 e. The molecule has 0 fully saturated rings. The molecule has 0 bridgehead atoms. The van der Waals surface area contributed by atoms with Crippen LogP contribution in [0.25, 0.3) is 0 Å². The minimum absolute atomic E-state index is 0.00963. The Kier molecular flexibility index (Phi) is 11.7. The second-order valence-corrected chi connectivity index (χ2v) is 17.1. The summed E-state index contributed by atoms with van der Waals surface area (Å²) in [6.45, 7) is 7.65. The first-order chi connectivity index (χ1) is 21.2. The van der Waals surface area contributed by atoms with Crippen LogP contribution in [-0.4, -0.2) is 46.8 Å². The predicted octanol–water partition coefficient (Wildman–Crippen LogP) is 7.29. The van der Waals surface area contributed by atoms with Crippen LogP contribution in [0.5, 0.6) is 11.5 Å². The van der Waals surface area contributed by atoms with E-state index in [4.69, 9.17) is 9.47 Å². The molecule has 1 aromatic heterocycles. The predicted molar refractivity (Wildman–Crippen MR) is 176 cm³/mol. The van der Waals surface area contributed by atoms with Crippen LogP contribution in [0.2, 0.25) is 19.6 Å². The third-order valence-corrected chi connectivity index (χ3v) is 9.51. The first-order valence-corrected chi connectivity index (χ1v) is 18.5.